The highest BCUT2D eigenvalue weighted by molar-refractivity contribution is 5.75. The molecule has 72 valence electrons. The van der Waals surface area contributed by atoms with E-state index < -0.39 is 0 Å². The Morgan fingerprint density at radius 1 is 1.42 bits per heavy atom. The predicted octanol–water partition coefficient (Wildman–Crippen LogP) is 0.744. The number of amides is 1. The molecule has 0 fully saturated rings. The Kier molecular flexibility index (Phi) is 5.72. The van der Waals surface area contributed by atoms with Crippen LogP contribution in [0.2, 0.25) is 0 Å². The first-order valence-electron chi connectivity index (χ1n) is 4.54. The Morgan fingerprint density at radius 3 is 2.42 bits per heavy atom. The van der Waals surface area contributed by atoms with E-state index in [0.717, 1.165) is 6.54 Å². The van der Waals surface area contributed by atoms with Crippen molar-refractivity contribution in [2.24, 2.45) is 17.6 Å². The van der Waals surface area contributed by atoms with Gasteiger partial charge in [-0.25, -0.2) is 0 Å². The Balaban J connectivity index is 3.47. The molecular weight excluding hydrogens is 152 g/mol. The van der Waals surface area contributed by atoms with Crippen LogP contribution >= 0.6 is 0 Å². The first kappa shape index (κ1) is 11.4. The molecule has 0 aromatic rings. The van der Waals surface area contributed by atoms with Gasteiger partial charge < -0.3 is 11.1 Å². The second-order valence-corrected chi connectivity index (χ2v) is 3.56. The summed E-state index contributed by atoms with van der Waals surface area (Å²) in [5.41, 5.74) is 5.23. The number of carbonyl (C=O) groups excluding carboxylic acids is 1. The van der Waals surface area contributed by atoms with Crippen molar-refractivity contribution in [3.63, 3.8) is 0 Å². The molecule has 0 aromatic carbocycles. The van der Waals surface area contributed by atoms with Crippen LogP contribution in [0.25, 0.3) is 0 Å². The lowest BCUT2D eigenvalue weighted by Crippen LogP contribution is -2.31. The third kappa shape index (κ3) is 5.13. The van der Waals surface area contributed by atoms with Crippen LogP contribution in [0, 0.1) is 11.8 Å². The van der Waals surface area contributed by atoms with Crippen LogP contribution in [0.3, 0.4) is 0 Å². The van der Waals surface area contributed by atoms with Gasteiger partial charge in [0.2, 0.25) is 5.91 Å². The molecule has 0 aliphatic rings. The predicted molar refractivity (Wildman–Crippen MR) is 50.7 cm³/mol. The normalized spacial score (nSPS) is 13.1. The molecule has 0 heterocycles. The Bertz CT molecular complexity index is 134. The van der Waals surface area contributed by atoms with Crippen molar-refractivity contribution >= 4 is 5.91 Å². The van der Waals surface area contributed by atoms with E-state index in [1.807, 2.05) is 0 Å². The molecule has 0 aliphatic heterocycles. The van der Waals surface area contributed by atoms with Crippen molar-refractivity contribution in [3.8, 4) is 0 Å². The van der Waals surface area contributed by atoms with Crippen molar-refractivity contribution in [3.05, 3.63) is 0 Å². The lowest BCUT2D eigenvalue weighted by atomic mass is 9.98. The average molecular weight is 172 g/mol. The molecule has 0 radical (unpaired) electrons. The van der Waals surface area contributed by atoms with Gasteiger partial charge in [0.05, 0.1) is 0 Å². The Morgan fingerprint density at radius 2 is 2.00 bits per heavy atom. The van der Waals surface area contributed by atoms with Crippen molar-refractivity contribution in [1.82, 2.24) is 5.32 Å². The molecule has 0 rings (SSSR count). The lowest BCUT2D eigenvalue weighted by molar-refractivity contribution is -0.121. The molecule has 0 aromatic heterocycles. The number of hydrogen-bond acceptors (Lipinski definition) is 2. The molecular formula is C9H20N2O. The fourth-order valence-electron chi connectivity index (χ4n) is 0.730. The molecule has 3 nitrogen and oxygen atoms in total. The van der Waals surface area contributed by atoms with Gasteiger partial charge in [0.15, 0.2) is 0 Å². The van der Waals surface area contributed by atoms with Crippen LogP contribution < -0.4 is 11.1 Å². The van der Waals surface area contributed by atoms with Gasteiger partial charge in [-0.3, -0.25) is 4.79 Å². The smallest absolute Gasteiger partial charge is 0.221 e. The van der Waals surface area contributed by atoms with Gasteiger partial charge in [-0.15, -0.1) is 0 Å². The van der Waals surface area contributed by atoms with E-state index >= 15 is 0 Å². The summed E-state index contributed by atoms with van der Waals surface area (Å²) in [5, 5.41) is 2.85. The summed E-state index contributed by atoms with van der Waals surface area (Å²) in [6.07, 6.45) is 0.435. The van der Waals surface area contributed by atoms with Gasteiger partial charge in [0.1, 0.15) is 0 Å². The van der Waals surface area contributed by atoms with Crippen LogP contribution in [0.5, 0.6) is 0 Å². The monoisotopic (exact) mass is 172 g/mol. The van der Waals surface area contributed by atoms with Crippen molar-refractivity contribution in [1.29, 1.82) is 0 Å². The maximum Gasteiger partial charge on any atom is 0.221 e. The van der Waals surface area contributed by atoms with Crippen LogP contribution in [0.4, 0.5) is 0 Å². The van der Waals surface area contributed by atoms with Gasteiger partial charge in [0.25, 0.3) is 0 Å². The minimum absolute atomic E-state index is 0.0602. The number of nitrogens with one attached hydrogen (secondary N) is 1. The zero-order valence-corrected chi connectivity index (χ0v) is 8.26. The quantitative estimate of drug-likeness (QED) is 0.642. The first-order chi connectivity index (χ1) is 5.57. The lowest BCUT2D eigenvalue weighted by Gasteiger charge is -2.15. The van der Waals surface area contributed by atoms with E-state index in [1.165, 1.54) is 0 Å². The summed E-state index contributed by atoms with van der Waals surface area (Å²) in [7, 11) is 0. The van der Waals surface area contributed by atoms with E-state index in [2.05, 4.69) is 26.1 Å². The summed E-state index contributed by atoms with van der Waals surface area (Å²) in [5.74, 6) is 1.21. The minimum atomic E-state index is 0.0602. The average Bonchev–Trinajstić information content (AvgIpc) is 2.00. The van der Waals surface area contributed by atoms with Gasteiger partial charge in [-0.05, 0) is 11.8 Å². The third-order valence-electron chi connectivity index (χ3n) is 2.13. The summed E-state index contributed by atoms with van der Waals surface area (Å²) >= 11 is 0. The van der Waals surface area contributed by atoms with Crippen LogP contribution in [0.15, 0.2) is 0 Å². The third-order valence-corrected chi connectivity index (χ3v) is 2.13. The molecule has 3 heteroatoms. The first-order valence-corrected chi connectivity index (χ1v) is 4.54. The maximum atomic E-state index is 11.0. The summed E-state index contributed by atoms with van der Waals surface area (Å²) in [6, 6.07) is 0. The highest BCUT2D eigenvalue weighted by atomic mass is 16.1. The summed E-state index contributed by atoms with van der Waals surface area (Å²) < 4.78 is 0. The highest BCUT2D eigenvalue weighted by Gasteiger charge is 2.07. The van der Waals surface area contributed by atoms with E-state index in [-0.39, 0.29) is 5.91 Å². The topological polar surface area (TPSA) is 55.1 Å². The van der Waals surface area contributed by atoms with E-state index in [4.69, 9.17) is 5.73 Å². The fourth-order valence-corrected chi connectivity index (χ4v) is 0.730. The standard InChI is InChI=1S/C9H20N2O/c1-7(2)8(3)6-11-9(12)4-5-10/h7-8H,4-6,10H2,1-3H3,(H,11,12). The summed E-state index contributed by atoms with van der Waals surface area (Å²) in [4.78, 5) is 11.0. The summed E-state index contributed by atoms with van der Waals surface area (Å²) in [6.45, 7) is 7.63. The number of hydrogen-bond donors (Lipinski definition) is 2. The highest BCUT2D eigenvalue weighted by Crippen LogP contribution is 2.07. The van der Waals surface area contributed by atoms with Gasteiger partial charge >= 0.3 is 0 Å². The molecule has 0 spiro atoms. The SMILES string of the molecule is CC(C)C(C)CNC(=O)CCN. The maximum absolute atomic E-state index is 11.0. The molecule has 0 saturated heterocycles. The zero-order valence-electron chi connectivity index (χ0n) is 8.26. The van der Waals surface area contributed by atoms with Crippen LogP contribution in [-0.2, 0) is 4.79 Å². The molecule has 0 aliphatic carbocycles. The molecule has 12 heavy (non-hydrogen) atoms. The molecule has 1 amide bonds. The molecule has 1 unspecified atom stereocenters. The molecule has 0 bridgehead atoms. The van der Waals surface area contributed by atoms with Crippen molar-refractivity contribution < 1.29 is 4.79 Å². The van der Waals surface area contributed by atoms with Crippen LogP contribution in [0.1, 0.15) is 27.2 Å². The van der Waals surface area contributed by atoms with Gasteiger partial charge in [0, 0.05) is 19.5 Å². The largest absolute Gasteiger partial charge is 0.356 e. The zero-order chi connectivity index (χ0) is 9.56. The Labute approximate surface area is 74.7 Å². The van der Waals surface area contributed by atoms with Crippen molar-refractivity contribution in [2.75, 3.05) is 13.1 Å². The second-order valence-electron chi connectivity index (χ2n) is 3.56. The van der Waals surface area contributed by atoms with E-state index in [1.54, 1.807) is 0 Å². The Hall–Kier alpha value is -0.570. The molecule has 3 N–H and O–H groups in total. The molecule has 0 saturated carbocycles. The number of nitrogens with two attached hydrogens (primary N) is 1. The molecule has 1 atom stereocenters. The minimum Gasteiger partial charge on any atom is -0.356 e. The number of carbonyl (C=O) groups is 1. The van der Waals surface area contributed by atoms with Crippen LogP contribution in [-0.4, -0.2) is 19.0 Å². The van der Waals surface area contributed by atoms with E-state index in [0.29, 0.717) is 24.8 Å². The second kappa shape index (κ2) is 6.00. The number of rotatable bonds is 5. The van der Waals surface area contributed by atoms with Crippen molar-refractivity contribution in [2.45, 2.75) is 27.2 Å². The fraction of sp³-hybridized carbons (Fsp3) is 0.889. The van der Waals surface area contributed by atoms with Gasteiger partial charge in [-0.2, -0.15) is 0 Å². The van der Waals surface area contributed by atoms with E-state index in [9.17, 15) is 4.79 Å². The van der Waals surface area contributed by atoms with Gasteiger partial charge in [-0.1, -0.05) is 20.8 Å².